The lowest BCUT2D eigenvalue weighted by Gasteiger charge is -2.42. The van der Waals surface area contributed by atoms with Crippen LogP contribution in [0, 0.1) is 23.7 Å². The highest BCUT2D eigenvalue weighted by Crippen LogP contribution is 2.70. The Morgan fingerprint density at radius 3 is 1.94 bits per heavy atom. The molecule has 0 unspecified atom stereocenters. The van der Waals surface area contributed by atoms with Crippen molar-refractivity contribution in [3.8, 4) is 11.8 Å². The second-order valence-corrected chi connectivity index (χ2v) is 10.3. The summed E-state index contributed by atoms with van der Waals surface area (Å²) in [6.45, 7) is 5.78. The van der Waals surface area contributed by atoms with Gasteiger partial charge in [-0.15, -0.1) is 0 Å². The summed E-state index contributed by atoms with van der Waals surface area (Å²) in [5.41, 5.74) is 6.53. The van der Waals surface area contributed by atoms with Crippen molar-refractivity contribution >= 4 is 11.7 Å². The standard InChI is InChI=1S/C31H27NO2/c1-31(2,3)34-30(33)32-28-22-16-10-11-17-23(22)29(32)27-25(21-14-8-5-9-15-21)24(26(27)28)19-18-20-12-6-4-7-13-20/h4-17,26-29H,1-3H3/t26-,27+,28+,29-/m1/s1. The van der Waals surface area contributed by atoms with Gasteiger partial charge in [0.25, 0.3) is 0 Å². The molecule has 1 saturated heterocycles. The van der Waals surface area contributed by atoms with Gasteiger partial charge < -0.3 is 4.74 Å². The van der Waals surface area contributed by atoms with E-state index in [0.29, 0.717) is 0 Å². The molecule has 6 rings (SSSR count). The van der Waals surface area contributed by atoms with Crippen LogP contribution in [0.15, 0.2) is 90.5 Å². The molecule has 0 N–H and O–H groups in total. The van der Waals surface area contributed by atoms with Crippen LogP contribution in [0.5, 0.6) is 0 Å². The number of ether oxygens (including phenoxy) is 1. The molecule has 34 heavy (non-hydrogen) atoms. The normalized spacial score (nSPS) is 24.0. The maximum absolute atomic E-state index is 13.5. The summed E-state index contributed by atoms with van der Waals surface area (Å²) in [4.78, 5) is 15.5. The molecule has 0 spiro atoms. The Morgan fingerprint density at radius 1 is 0.765 bits per heavy atom. The largest absolute Gasteiger partial charge is 0.444 e. The van der Waals surface area contributed by atoms with Crippen molar-refractivity contribution < 1.29 is 9.53 Å². The first-order chi connectivity index (χ1) is 16.4. The van der Waals surface area contributed by atoms with Crippen LogP contribution in [-0.2, 0) is 4.74 Å². The number of amides is 1. The highest BCUT2D eigenvalue weighted by atomic mass is 16.6. The molecule has 2 bridgehead atoms. The van der Waals surface area contributed by atoms with E-state index in [9.17, 15) is 4.79 Å². The van der Waals surface area contributed by atoms with Crippen LogP contribution in [0.4, 0.5) is 4.79 Å². The van der Waals surface area contributed by atoms with E-state index >= 15 is 0 Å². The lowest BCUT2D eigenvalue weighted by Crippen LogP contribution is -2.35. The number of benzene rings is 3. The van der Waals surface area contributed by atoms with E-state index in [1.54, 1.807) is 0 Å². The maximum atomic E-state index is 13.5. The summed E-state index contributed by atoms with van der Waals surface area (Å²) in [5, 5.41) is 0. The first-order valence-corrected chi connectivity index (χ1v) is 11.9. The quantitative estimate of drug-likeness (QED) is 0.386. The second kappa shape index (κ2) is 7.64. The summed E-state index contributed by atoms with van der Waals surface area (Å²) < 4.78 is 5.90. The first-order valence-electron chi connectivity index (χ1n) is 11.9. The fourth-order valence-corrected chi connectivity index (χ4v) is 5.90. The van der Waals surface area contributed by atoms with E-state index in [0.717, 1.165) is 11.1 Å². The monoisotopic (exact) mass is 445 g/mol. The average Bonchev–Trinajstić information content (AvgIpc) is 3.28. The molecule has 168 valence electrons. The summed E-state index contributed by atoms with van der Waals surface area (Å²) in [5.74, 6) is 7.31. The van der Waals surface area contributed by atoms with Crippen molar-refractivity contribution in [3.05, 3.63) is 113 Å². The highest BCUT2D eigenvalue weighted by molar-refractivity contribution is 5.87. The number of hydrogen-bond donors (Lipinski definition) is 0. The molecule has 0 aromatic heterocycles. The summed E-state index contributed by atoms with van der Waals surface area (Å²) in [7, 11) is 0. The Morgan fingerprint density at radius 2 is 1.32 bits per heavy atom. The van der Waals surface area contributed by atoms with Crippen molar-refractivity contribution in [1.29, 1.82) is 0 Å². The Kier molecular flexibility index (Phi) is 4.67. The van der Waals surface area contributed by atoms with Gasteiger partial charge >= 0.3 is 6.09 Å². The van der Waals surface area contributed by atoms with E-state index < -0.39 is 5.60 Å². The molecule has 2 heterocycles. The van der Waals surface area contributed by atoms with Crippen molar-refractivity contribution in [2.24, 2.45) is 11.8 Å². The number of hydrogen-bond acceptors (Lipinski definition) is 2. The molecule has 1 fully saturated rings. The smallest absolute Gasteiger partial charge is 0.411 e. The van der Waals surface area contributed by atoms with E-state index in [1.165, 1.54) is 22.3 Å². The molecule has 3 heteroatoms. The third-order valence-electron chi connectivity index (χ3n) is 7.06. The zero-order valence-corrected chi connectivity index (χ0v) is 19.7. The van der Waals surface area contributed by atoms with Gasteiger partial charge in [0.05, 0.1) is 12.1 Å². The van der Waals surface area contributed by atoms with E-state index in [-0.39, 0.29) is 30.0 Å². The van der Waals surface area contributed by atoms with Crippen LogP contribution < -0.4 is 0 Å². The van der Waals surface area contributed by atoms with Gasteiger partial charge in [-0.3, -0.25) is 4.90 Å². The van der Waals surface area contributed by atoms with Gasteiger partial charge in [0.15, 0.2) is 0 Å². The third-order valence-corrected chi connectivity index (χ3v) is 7.06. The molecule has 3 aromatic rings. The van der Waals surface area contributed by atoms with Gasteiger partial charge in [-0.25, -0.2) is 4.79 Å². The number of carbonyl (C=O) groups excluding carboxylic acids is 1. The van der Waals surface area contributed by atoms with Crippen molar-refractivity contribution in [1.82, 2.24) is 4.90 Å². The second-order valence-electron chi connectivity index (χ2n) is 10.3. The van der Waals surface area contributed by atoms with E-state index in [4.69, 9.17) is 4.74 Å². The molecule has 3 aliphatic rings. The molecule has 0 radical (unpaired) electrons. The van der Waals surface area contributed by atoms with Crippen LogP contribution >= 0.6 is 0 Å². The van der Waals surface area contributed by atoms with Gasteiger partial charge in [-0.1, -0.05) is 84.6 Å². The molecule has 2 aliphatic heterocycles. The molecule has 1 aliphatic carbocycles. The lowest BCUT2D eigenvalue weighted by atomic mass is 9.58. The topological polar surface area (TPSA) is 29.5 Å². The molecular formula is C31H27NO2. The molecule has 3 aromatic carbocycles. The maximum Gasteiger partial charge on any atom is 0.411 e. The first kappa shape index (κ1) is 20.8. The summed E-state index contributed by atoms with van der Waals surface area (Å²) in [6.07, 6.45) is -0.240. The Hall–Kier alpha value is -3.77. The predicted molar refractivity (Wildman–Crippen MR) is 134 cm³/mol. The van der Waals surface area contributed by atoms with Gasteiger partial charge in [-0.05, 0) is 55.2 Å². The van der Waals surface area contributed by atoms with Crippen LogP contribution in [0.2, 0.25) is 0 Å². The van der Waals surface area contributed by atoms with Gasteiger partial charge in [0, 0.05) is 23.0 Å². The Balaban J connectivity index is 1.48. The number of nitrogens with zero attached hydrogens (tertiary/aromatic N) is 1. The zero-order valence-electron chi connectivity index (χ0n) is 19.7. The van der Waals surface area contributed by atoms with E-state index in [1.807, 2.05) is 62.1 Å². The molecule has 1 amide bonds. The zero-order chi connectivity index (χ0) is 23.4. The van der Waals surface area contributed by atoms with Crippen LogP contribution in [0.1, 0.15) is 55.1 Å². The van der Waals surface area contributed by atoms with Crippen LogP contribution in [0.3, 0.4) is 0 Å². The minimum absolute atomic E-state index is 0.0291. The summed E-state index contributed by atoms with van der Waals surface area (Å²) in [6, 6.07) is 29.0. The molecular weight excluding hydrogens is 418 g/mol. The SMILES string of the molecule is CC(C)(C)OC(=O)N1[C@@H]2c3ccccc3[C@H]1[C@@H]1C(C#Cc3ccccc3)=C(c3ccccc3)[C@@H]12. The van der Waals surface area contributed by atoms with Crippen LogP contribution in [-0.4, -0.2) is 16.6 Å². The van der Waals surface area contributed by atoms with Crippen molar-refractivity contribution in [3.63, 3.8) is 0 Å². The fraction of sp³-hybridized carbons (Fsp3) is 0.258. The Labute approximate surface area is 201 Å². The minimum Gasteiger partial charge on any atom is -0.444 e. The van der Waals surface area contributed by atoms with Crippen LogP contribution in [0.25, 0.3) is 5.57 Å². The highest BCUT2D eigenvalue weighted by Gasteiger charge is 2.65. The number of carbonyl (C=O) groups is 1. The third kappa shape index (κ3) is 3.17. The number of rotatable bonds is 1. The van der Waals surface area contributed by atoms with Gasteiger partial charge in [0.1, 0.15) is 5.60 Å². The van der Waals surface area contributed by atoms with Crippen molar-refractivity contribution in [2.45, 2.75) is 38.5 Å². The van der Waals surface area contributed by atoms with E-state index in [2.05, 4.69) is 60.4 Å². The lowest BCUT2D eigenvalue weighted by molar-refractivity contribution is 0.0165. The predicted octanol–water partition coefficient (Wildman–Crippen LogP) is 6.78. The number of fused-ring (bicyclic) bond motifs is 8. The molecule has 4 atom stereocenters. The molecule has 3 nitrogen and oxygen atoms in total. The summed E-state index contributed by atoms with van der Waals surface area (Å²) >= 11 is 0. The molecule has 0 saturated carbocycles. The van der Waals surface area contributed by atoms with Gasteiger partial charge in [0.2, 0.25) is 0 Å². The van der Waals surface area contributed by atoms with Gasteiger partial charge in [-0.2, -0.15) is 0 Å². The van der Waals surface area contributed by atoms with Crippen molar-refractivity contribution in [2.75, 3.05) is 0 Å². The minimum atomic E-state index is -0.546. The Bertz CT molecular complexity index is 1360. The fourth-order valence-electron chi connectivity index (χ4n) is 5.90. The average molecular weight is 446 g/mol.